The molecule has 0 aromatic carbocycles. The van der Waals surface area contributed by atoms with Gasteiger partial charge in [-0.25, -0.2) is 9.78 Å². The zero-order valence-corrected chi connectivity index (χ0v) is 15.6. The van der Waals surface area contributed by atoms with Gasteiger partial charge in [0.2, 0.25) is 5.82 Å². The van der Waals surface area contributed by atoms with E-state index in [-0.39, 0.29) is 24.9 Å². The number of nitrogens with one attached hydrogen (secondary N) is 1. The first-order valence-electron chi connectivity index (χ1n) is 7.65. The molecule has 0 amide bonds. The van der Waals surface area contributed by atoms with Crippen LogP contribution in [0.1, 0.15) is 49.7 Å². The highest BCUT2D eigenvalue weighted by atomic mass is 32.1. The van der Waals surface area contributed by atoms with Crippen LogP contribution in [0.4, 0.5) is 0 Å². The highest BCUT2D eigenvalue weighted by molar-refractivity contribution is 7.18. The number of methoxy groups -OCH3 is 1. The van der Waals surface area contributed by atoms with Crippen LogP contribution in [0.2, 0.25) is 0 Å². The summed E-state index contributed by atoms with van der Waals surface area (Å²) in [6.45, 7) is 6.11. The highest BCUT2D eigenvalue weighted by Gasteiger charge is 2.18. The van der Waals surface area contributed by atoms with Crippen molar-refractivity contribution in [1.82, 2.24) is 9.97 Å². The van der Waals surface area contributed by atoms with E-state index in [4.69, 9.17) is 4.74 Å². The maximum Gasteiger partial charge on any atom is 0.374 e. The number of carbonyl (C=O) groups is 1. The average Bonchev–Trinajstić information content (AvgIpc) is 2.87. The maximum atomic E-state index is 12.2. The molecule has 7 nitrogen and oxygen atoms in total. The smallest absolute Gasteiger partial charge is 0.374 e. The average molecular weight is 360 g/mol. The van der Waals surface area contributed by atoms with Crippen molar-refractivity contribution in [3.8, 4) is 0 Å². The molecule has 2 heterocycles. The summed E-state index contributed by atoms with van der Waals surface area (Å²) in [6, 6.07) is 0. The van der Waals surface area contributed by atoms with Gasteiger partial charge in [-0.05, 0) is 25.3 Å². The van der Waals surface area contributed by atoms with Gasteiger partial charge in [0.1, 0.15) is 4.83 Å². The Bertz CT molecular complexity index is 714. The van der Waals surface area contributed by atoms with Gasteiger partial charge in [0.05, 0.1) is 12.0 Å². The summed E-state index contributed by atoms with van der Waals surface area (Å²) in [5.41, 5.74) is 0.816. The Morgan fingerprint density at radius 2 is 1.92 bits per heavy atom. The quantitative estimate of drug-likeness (QED) is 0.822. The first-order valence-corrected chi connectivity index (χ1v) is 8.47. The van der Waals surface area contributed by atoms with Crippen LogP contribution < -0.4 is 5.56 Å². The lowest BCUT2D eigenvalue weighted by Gasteiger charge is -2.01. The summed E-state index contributed by atoms with van der Waals surface area (Å²) in [5, 5.41) is 0.627. The molecule has 0 aliphatic rings. The van der Waals surface area contributed by atoms with Gasteiger partial charge in [0, 0.05) is 20.5 Å². The number of carbonyl (C=O) groups excluding carboxylic acids is 1. The first-order chi connectivity index (χ1) is 11.0. The normalized spacial score (nSPS) is 9.88. The van der Waals surface area contributed by atoms with Crippen LogP contribution in [0.15, 0.2) is 4.79 Å². The standard InChI is InChI=1S/C14H18N2O3S.C2H6O.H2O.H2/c1-4-7-8-9(5-2)20-13-10(8)12(17)15-11(16-13)14(18)19-6-3;1-3-2;;/h4-7H2,1-3H3,(H,15,16,17);1-2H3;1H2;1H. The molecule has 0 fully saturated rings. The fourth-order valence-corrected chi connectivity index (χ4v) is 3.37. The van der Waals surface area contributed by atoms with Crippen molar-refractivity contribution in [1.29, 1.82) is 0 Å². The number of thiophene rings is 1. The minimum absolute atomic E-state index is 0. The number of H-pyrrole nitrogens is 1. The Kier molecular flexibility index (Phi) is 10.1. The molecule has 0 unspecified atom stereocenters. The van der Waals surface area contributed by atoms with Gasteiger partial charge in [-0.2, -0.15) is 0 Å². The molecule has 2 aromatic heterocycles. The van der Waals surface area contributed by atoms with Crippen LogP contribution in [0.25, 0.3) is 10.2 Å². The van der Waals surface area contributed by atoms with Crippen molar-refractivity contribution in [3.63, 3.8) is 0 Å². The van der Waals surface area contributed by atoms with Crippen LogP contribution in [0, 0.1) is 0 Å². The number of rotatable bonds is 5. The van der Waals surface area contributed by atoms with Crippen LogP contribution in [0.5, 0.6) is 0 Å². The Hall–Kier alpha value is -1.77. The van der Waals surface area contributed by atoms with Crippen LogP contribution in [-0.4, -0.2) is 42.2 Å². The fraction of sp³-hybridized carbons (Fsp3) is 0.562. The molecule has 0 saturated heterocycles. The highest BCUT2D eigenvalue weighted by Crippen LogP contribution is 2.29. The van der Waals surface area contributed by atoms with E-state index in [9.17, 15) is 9.59 Å². The number of aromatic nitrogens is 2. The van der Waals surface area contributed by atoms with Gasteiger partial charge in [-0.1, -0.05) is 20.3 Å². The maximum absolute atomic E-state index is 12.2. The number of aromatic amines is 1. The van der Waals surface area contributed by atoms with Gasteiger partial charge < -0.3 is 19.9 Å². The molecule has 8 heteroatoms. The molecule has 0 aliphatic carbocycles. The lowest BCUT2D eigenvalue weighted by molar-refractivity contribution is 0.0512. The van der Waals surface area contributed by atoms with Crippen molar-refractivity contribution in [2.45, 2.75) is 40.0 Å². The minimum atomic E-state index is -0.588. The molecule has 2 aromatic rings. The van der Waals surface area contributed by atoms with E-state index in [0.717, 1.165) is 24.8 Å². The molecule has 0 aliphatic heterocycles. The SMILES string of the molecule is CCCc1c(CC)sc2nc(C(=O)OCC)[nH]c(=O)c12.COC.O.[HH]. The second-order valence-electron chi connectivity index (χ2n) is 4.83. The predicted molar refractivity (Wildman–Crippen MR) is 98.2 cm³/mol. The number of nitrogens with zero attached hydrogens (tertiary/aromatic N) is 1. The van der Waals surface area contributed by atoms with Gasteiger partial charge in [-0.3, -0.25) is 4.79 Å². The van der Waals surface area contributed by atoms with Crippen molar-refractivity contribution >= 4 is 27.5 Å². The molecule has 2 rings (SSSR count). The van der Waals surface area contributed by atoms with Crippen molar-refractivity contribution in [3.05, 3.63) is 26.6 Å². The summed E-state index contributed by atoms with van der Waals surface area (Å²) in [4.78, 5) is 32.5. The molecular weight excluding hydrogens is 332 g/mol. The van der Waals surface area contributed by atoms with Crippen molar-refractivity contribution in [2.24, 2.45) is 0 Å². The van der Waals surface area contributed by atoms with Gasteiger partial charge in [0.25, 0.3) is 5.56 Å². The Morgan fingerprint density at radius 1 is 1.29 bits per heavy atom. The number of esters is 1. The zero-order valence-electron chi connectivity index (χ0n) is 14.8. The number of hydrogen-bond acceptors (Lipinski definition) is 6. The van der Waals surface area contributed by atoms with E-state index < -0.39 is 5.97 Å². The van der Waals surface area contributed by atoms with Crippen molar-refractivity contribution in [2.75, 3.05) is 20.8 Å². The second-order valence-corrected chi connectivity index (χ2v) is 5.91. The third kappa shape index (κ3) is 5.12. The van der Waals surface area contributed by atoms with E-state index in [1.54, 1.807) is 21.1 Å². The lowest BCUT2D eigenvalue weighted by Crippen LogP contribution is -2.17. The number of ether oxygens (including phenoxy) is 2. The van der Waals surface area contributed by atoms with Crippen LogP contribution in [-0.2, 0) is 22.3 Å². The third-order valence-electron chi connectivity index (χ3n) is 3.03. The second kappa shape index (κ2) is 10.9. The summed E-state index contributed by atoms with van der Waals surface area (Å²) in [6.07, 6.45) is 2.69. The summed E-state index contributed by atoms with van der Waals surface area (Å²) in [7, 11) is 3.25. The predicted octanol–water partition coefficient (Wildman–Crippen LogP) is 2.36. The van der Waals surface area contributed by atoms with Gasteiger partial charge in [-0.15, -0.1) is 11.3 Å². The summed E-state index contributed by atoms with van der Waals surface area (Å²) in [5.74, 6) is -0.605. The van der Waals surface area contributed by atoms with Crippen LogP contribution >= 0.6 is 11.3 Å². The molecule has 0 bridgehead atoms. The Morgan fingerprint density at radius 3 is 2.42 bits per heavy atom. The molecule has 0 radical (unpaired) electrons. The summed E-state index contributed by atoms with van der Waals surface area (Å²) >= 11 is 1.49. The minimum Gasteiger partial charge on any atom is -0.460 e. The summed E-state index contributed by atoms with van der Waals surface area (Å²) < 4.78 is 9.13. The Labute approximate surface area is 146 Å². The monoisotopic (exact) mass is 360 g/mol. The van der Waals surface area contributed by atoms with E-state index in [1.807, 2.05) is 0 Å². The van der Waals surface area contributed by atoms with E-state index in [2.05, 4.69) is 28.6 Å². The lowest BCUT2D eigenvalue weighted by atomic mass is 10.1. The molecule has 0 atom stereocenters. The Balaban J connectivity index is 0. The molecule has 3 N–H and O–H groups in total. The van der Waals surface area contributed by atoms with Crippen molar-refractivity contribution < 1.29 is 21.2 Å². The number of aryl methyl sites for hydroxylation is 2. The molecule has 138 valence electrons. The number of fused-ring (bicyclic) bond motifs is 1. The third-order valence-corrected chi connectivity index (χ3v) is 4.30. The molecular formula is C16H28N2O5S. The zero-order chi connectivity index (χ0) is 17.4. The van der Waals surface area contributed by atoms with Crippen LogP contribution in [0.3, 0.4) is 0 Å². The molecule has 0 saturated carbocycles. The van der Waals surface area contributed by atoms with E-state index in [1.165, 1.54) is 16.2 Å². The first kappa shape index (κ1) is 22.2. The topological polar surface area (TPSA) is 113 Å². The molecule has 24 heavy (non-hydrogen) atoms. The van der Waals surface area contributed by atoms with E-state index in [0.29, 0.717) is 10.2 Å². The fourth-order valence-electron chi connectivity index (χ4n) is 2.21. The number of hydrogen-bond donors (Lipinski definition) is 1. The largest absolute Gasteiger partial charge is 0.460 e. The van der Waals surface area contributed by atoms with E-state index >= 15 is 0 Å². The van der Waals surface area contributed by atoms with Gasteiger partial charge >= 0.3 is 5.97 Å². The molecule has 0 spiro atoms. The van der Waals surface area contributed by atoms with Gasteiger partial charge in [0.15, 0.2) is 0 Å².